The highest BCUT2D eigenvalue weighted by molar-refractivity contribution is 5.96. The van der Waals surface area contributed by atoms with E-state index < -0.39 is 47.7 Å². The molecule has 0 bridgehead atoms. The van der Waals surface area contributed by atoms with Gasteiger partial charge in [-0.3, -0.25) is 19.4 Å². The third kappa shape index (κ3) is 7.00. The Morgan fingerprint density at radius 1 is 1.07 bits per heavy atom. The Hall–Kier alpha value is -4.48. The van der Waals surface area contributed by atoms with Gasteiger partial charge in [-0.1, -0.05) is 30.3 Å². The molecular weight excluding hydrogens is 546 g/mol. The second-order valence-corrected chi connectivity index (χ2v) is 9.69. The number of methoxy groups -OCH3 is 1. The summed E-state index contributed by atoms with van der Waals surface area (Å²) < 4.78 is 65.4. The van der Waals surface area contributed by atoms with Crippen molar-refractivity contribution < 1.29 is 41.4 Å². The number of hydrogen-bond donors (Lipinski definition) is 2. The van der Waals surface area contributed by atoms with Crippen LogP contribution in [0, 0.1) is 5.82 Å². The molecule has 1 fully saturated rings. The number of amides is 2. The van der Waals surface area contributed by atoms with E-state index in [4.69, 9.17) is 9.47 Å². The molecular formula is C29H27F4N3O5. The van der Waals surface area contributed by atoms with Crippen molar-refractivity contribution in [3.63, 3.8) is 0 Å². The van der Waals surface area contributed by atoms with Crippen molar-refractivity contribution in [2.24, 2.45) is 0 Å². The van der Waals surface area contributed by atoms with Crippen molar-refractivity contribution in [2.45, 2.75) is 50.4 Å². The molecule has 216 valence electrons. The monoisotopic (exact) mass is 573 g/mol. The van der Waals surface area contributed by atoms with Gasteiger partial charge in [-0.15, -0.1) is 0 Å². The van der Waals surface area contributed by atoms with Crippen molar-refractivity contribution in [1.82, 2.24) is 10.3 Å². The van der Waals surface area contributed by atoms with Crippen LogP contribution in [0.15, 0.2) is 60.8 Å². The molecule has 0 aliphatic heterocycles. The number of benzene rings is 2. The minimum atomic E-state index is -4.59. The average Bonchev–Trinajstić information content (AvgIpc) is 3.74. The quantitative estimate of drug-likeness (QED) is 0.259. The molecule has 0 spiro atoms. The lowest BCUT2D eigenvalue weighted by molar-refractivity contribution is -0.163. The molecule has 1 aliphatic carbocycles. The first kappa shape index (κ1) is 29.5. The van der Waals surface area contributed by atoms with Crippen LogP contribution in [0.4, 0.5) is 23.2 Å². The van der Waals surface area contributed by atoms with Gasteiger partial charge in [0.15, 0.2) is 0 Å². The van der Waals surface area contributed by atoms with E-state index in [9.17, 15) is 27.6 Å². The molecule has 12 heteroatoms. The van der Waals surface area contributed by atoms with Gasteiger partial charge in [0.05, 0.1) is 19.4 Å². The number of rotatable bonds is 10. The molecule has 0 saturated heterocycles. The molecule has 0 radical (unpaired) electrons. The normalized spacial score (nSPS) is 14.5. The molecule has 2 amide bonds. The number of esters is 1. The number of ether oxygens (including phenoxy) is 2. The van der Waals surface area contributed by atoms with Gasteiger partial charge >= 0.3 is 12.1 Å². The summed E-state index contributed by atoms with van der Waals surface area (Å²) in [6.45, 7) is 1.66. The summed E-state index contributed by atoms with van der Waals surface area (Å²) in [7, 11) is 1.22. The minimum Gasteiger partial charge on any atom is -0.489 e. The highest BCUT2D eigenvalue weighted by Crippen LogP contribution is 2.49. The van der Waals surface area contributed by atoms with E-state index in [1.807, 2.05) is 35.6 Å². The van der Waals surface area contributed by atoms with E-state index in [2.05, 4.69) is 10.3 Å². The van der Waals surface area contributed by atoms with E-state index in [0.29, 0.717) is 0 Å². The number of nitrogens with one attached hydrogen (secondary N) is 2. The van der Waals surface area contributed by atoms with Crippen molar-refractivity contribution >= 4 is 23.5 Å². The predicted octanol–water partition coefficient (Wildman–Crippen LogP) is 5.08. The molecule has 1 heterocycles. The maximum absolute atomic E-state index is 15.1. The fraction of sp³-hybridized carbons (Fsp3) is 0.310. The Balaban J connectivity index is 1.49. The summed E-state index contributed by atoms with van der Waals surface area (Å²) in [5, 5.41) is 4.47. The summed E-state index contributed by atoms with van der Waals surface area (Å²) in [4.78, 5) is 41.1. The molecule has 41 heavy (non-hydrogen) atoms. The zero-order valence-electron chi connectivity index (χ0n) is 22.2. The Bertz CT molecular complexity index is 1440. The first-order valence-corrected chi connectivity index (χ1v) is 12.6. The van der Waals surface area contributed by atoms with E-state index in [-0.39, 0.29) is 47.7 Å². The number of pyridine rings is 1. The zero-order valence-corrected chi connectivity index (χ0v) is 22.2. The lowest BCUT2D eigenvalue weighted by Gasteiger charge is -2.20. The van der Waals surface area contributed by atoms with Gasteiger partial charge in [0.25, 0.3) is 5.91 Å². The Labute approximate surface area is 233 Å². The Morgan fingerprint density at radius 2 is 1.78 bits per heavy atom. The number of alkyl halides is 3. The molecule has 1 aromatic heterocycles. The van der Waals surface area contributed by atoms with Gasteiger partial charge in [-0.2, -0.15) is 13.2 Å². The maximum atomic E-state index is 15.1. The van der Waals surface area contributed by atoms with Gasteiger partial charge in [0.2, 0.25) is 5.91 Å². The van der Waals surface area contributed by atoms with Crippen molar-refractivity contribution in [2.75, 3.05) is 12.4 Å². The van der Waals surface area contributed by atoms with Crippen LogP contribution in [0.2, 0.25) is 0 Å². The van der Waals surface area contributed by atoms with Gasteiger partial charge in [-0.05, 0) is 49.6 Å². The molecule has 1 aliphatic rings. The van der Waals surface area contributed by atoms with Crippen molar-refractivity contribution in [1.29, 1.82) is 0 Å². The number of aromatic nitrogens is 1. The fourth-order valence-corrected chi connectivity index (χ4v) is 4.15. The minimum absolute atomic E-state index is 0.0285. The Kier molecular flexibility index (Phi) is 8.60. The SMILES string of the molecule is COC(=O)C(C)c1cc(F)c(CC(=O)Nc2ccnc(C(=O)NC3(C(F)(F)F)CC3)c2)cc1OCc1ccccc1. The summed E-state index contributed by atoms with van der Waals surface area (Å²) in [6.07, 6.45) is -4.32. The summed E-state index contributed by atoms with van der Waals surface area (Å²) in [5.74, 6) is -3.71. The van der Waals surface area contributed by atoms with Crippen LogP contribution in [0.25, 0.3) is 0 Å². The largest absolute Gasteiger partial charge is 0.489 e. The van der Waals surface area contributed by atoms with E-state index in [0.717, 1.165) is 23.9 Å². The number of halogens is 4. The zero-order chi connectivity index (χ0) is 29.8. The second-order valence-electron chi connectivity index (χ2n) is 9.69. The molecule has 8 nitrogen and oxygen atoms in total. The Morgan fingerprint density at radius 3 is 2.41 bits per heavy atom. The average molecular weight is 574 g/mol. The van der Waals surface area contributed by atoms with Crippen LogP contribution >= 0.6 is 0 Å². The summed E-state index contributed by atoms with van der Waals surface area (Å²) in [5.41, 5.74) is -1.45. The van der Waals surface area contributed by atoms with Gasteiger partial charge < -0.3 is 20.1 Å². The van der Waals surface area contributed by atoms with Crippen molar-refractivity contribution in [3.8, 4) is 5.75 Å². The van der Waals surface area contributed by atoms with E-state index in [1.165, 1.54) is 19.2 Å². The van der Waals surface area contributed by atoms with Crippen LogP contribution in [-0.4, -0.2) is 41.6 Å². The maximum Gasteiger partial charge on any atom is 0.411 e. The van der Waals surface area contributed by atoms with Crippen LogP contribution in [0.3, 0.4) is 0 Å². The first-order chi connectivity index (χ1) is 19.4. The third-order valence-electron chi connectivity index (χ3n) is 6.71. The fourth-order valence-electron chi connectivity index (χ4n) is 4.15. The molecule has 1 atom stereocenters. The second kappa shape index (κ2) is 11.9. The highest BCUT2D eigenvalue weighted by atomic mass is 19.4. The lowest BCUT2D eigenvalue weighted by atomic mass is 9.97. The number of anilines is 1. The number of carbonyl (C=O) groups is 3. The van der Waals surface area contributed by atoms with Crippen LogP contribution in [-0.2, 0) is 27.4 Å². The highest BCUT2D eigenvalue weighted by Gasteiger charge is 2.64. The number of hydrogen-bond acceptors (Lipinski definition) is 6. The predicted molar refractivity (Wildman–Crippen MR) is 140 cm³/mol. The standard InChI is InChI=1S/C29H27F4N3O5/c1-17(27(39)40-2)21-15-22(30)19(12-24(21)41-16-18-6-4-3-5-7-18)13-25(37)35-20-8-11-34-23(14-20)26(38)36-28(9-10-28)29(31,32)33/h3-8,11-12,14-15,17H,9-10,13,16H2,1-2H3,(H,36,38)(H,34,35,37). The van der Waals surface area contributed by atoms with E-state index >= 15 is 4.39 Å². The number of nitrogens with zero attached hydrogens (tertiary/aromatic N) is 1. The third-order valence-corrected chi connectivity index (χ3v) is 6.71. The topological polar surface area (TPSA) is 107 Å². The molecule has 4 rings (SSSR count). The van der Waals surface area contributed by atoms with E-state index in [1.54, 1.807) is 6.92 Å². The van der Waals surface area contributed by atoms with Crippen LogP contribution in [0.1, 0.15) is 52.9 Å². The van der Waals surface area contributed by atoms with Crippen LogP contribution in [0.5, 0.6) is 5.75 Å². The number of carbonyl (C=O) groups excluding carboxylic acids is 3. The first-order valence-electron chi connectivity index (χ1n) is 12.6. The van der Waals surface area contributed by atoms with Crippen LogP contribution < -0.4 is 15.4 Å². The molecule has 2 N–H and O–H groups in total. The van der Waals surface area contributed by atoms with Crippen molar-refractivity contribution in [3.05, 3.63) is 89.0 Å². The molecule has 2 aromatic carbocycles. The molecule has 1 saturated carbocycles. The summed E-state index contributed by atoms with van der Waals surface area (Å²) >= 11 is 0. The van der Waals surface area contributed by atoms with Gasteiger partial charge in [0, 0.05) is 23.0 Å². The molecule has 3 aromatic rings. The smallest absolute Gasteiger partial charge is 0.411 e. The van der Waals surface area contributed by atoms with Gasteiger partial charge in [0.1, 0.15) is 29.4 Å². The summed E-state index contributed by atoms with van der Waals surface area (Å²) in [6, 6.07) is 14.1. The lowest BCUT2D eigenvalue weighted by Crippen LogP contribution is -2.48. The van der Waals surface area contributed by atoms with Gasteiger partial charge in [-0.25, -0.2) is 4.39 Å². The molecule has 1 unspecified atom stereocenters.